The van der Waals surface area contributed by atoms with Crippen molar-refractivity contribution in [1.82, 2.24) is 9.78 Å². The van der Waals surface area contributed by atoms with E-state index in [0.717, 1.165) is 0 Å². The fraction of sp³-hybridized carbons (Fsp3) is 0.158. The molecule has 3 rings (SSSR count). The second-order valence-corrected chi connectivity index (χ2v) is 8.59. The summed E-state index contributed by atoms with van der Waals surface area (Å²) in [4.78, 5) is 0.195. The van der Waals surface area contributed by atoms with Crippen LogP contribution in [0.15, 0.2) is 70.8 Å². The lowest BCUT2D eigenvalue weighted by atomic mass is 10.2. The van der Waals surface area contributed by atoms with E-state index in [1.165, 1.54) is 23.0 Å². The van der Waals surface area contributed by atoms with E-state index in [1.807, 2.05) is 0 Å². The number of para-hydroxylation sites is 1. The van der Waals surface area contributed by atoms with Crippen LogP contribution >= 0.6 is 0 Å². The summed E-state index contributed by atoms with van der Waals surface area (Å²) in [7, 11) is -3.49. The predicted octanol–water partition coefficient (Wildman–Crippen LogP) is 3.64. The van der Waals surface area contributed by atoms with E-state index in [-0.39, 0.29) is 10.7 Å². The van der Waals surface area contributed by atoms with E-state index in [4.69, 9.17) is 0 Å². The van der Waals surface area contributed by atoms with E-state index in [1.54, 1.807) is 62.5 Å². The molecule has 0 amide bonds. The summed E-state index contributed by atoms with van der Waals surface area (Å²) in [5.74, 6) is 0.130. The number of nitrogens with one attached hydrogen (secondary N) is 1. The SMILES string of the molecule is CC(C)S(=O)(=O)c1ccccc1-n1nccc1N/N=C/c1cccc(F)c1. The first-order valence-electron chi connectivity index (χ1n) is 8.31. The highest BCUT2D eigenvalue weighted by Gasteiger charge is 2.24. The molecule has 0 radical (unpaired) electrons. The van der Waals surface area contributed by atoms with Crippen LogP contribution in [0.2, 0.25) is 0 Å². The monoisotopic (exact) mass is 386 g/mol. The Morgan fingerprint density at radius 1 is 1.15 bits per heavy atom. The summed E-state index contributed by atoms with van der Waals surface area (Å²) in [6, 6.07) is 14.4. The van der Waals surface area contributed by atoms with E-state index in [2.05, 4.69) is 15.6 Å². The second kappa shape index (κ2) is 7.71. The van der Waals surface area contributed by atoms with Gasteiger partial charge in [-0.3, -0.25) is 5.43 Å². The van der Waals surface area contributed by atoms with Gasteiger partial charge in [0.05, 0.1) is 28.2 Å². The van der Waals surface area contributed by atoms with Gasteiger partial charge in [0.25, 0.3) is 0 Å². The van der Waals surface area contributed by atoms with Crippen LogP contribution in [0.25, 0.3) is 5.69 Å². The summed E-state index contributed by atoms with van der Waals surface area (Å²) in [6.07, 6.45) is 3.01. The van der Waals surface area contributed by atoms with E-state index >= 15 is 0 Å². The molecule has 1 aromatic heterocycles. The molecular weight excluding hydrogens is 367 g/mol. The van der Waals surface area contributed by atoms with Gasteiger partial charge in [-0.15, -0.1) is 0 Å². The third-order valence-electron chi connectivity index (χ3n) is 3.90. The normalized spacial score (nSPS) is 12.0. The van der Waals surface area contributed by atoms with Gasteiger partial charge in [-0.25, -0.2) is 17.5 Å². The highest BCUT2D eigenvalue weighted by molar-refractivity contribution is 7.92. The Morgan fingerprint density at radius 2 is 1.93 bits per heavy atom. The minimum Gasteiger partial charge on any atom is -0.261 e. The molecule has 2 aromatic carbocycles. The highest BCUT2D eigenvalue weighted by Crippen LogP contribution is 2.25. The topological polar surface area (TPSA) is 76.3 Å². The minimum atomic E-state index is -3.49. The van der Waals surface area contributed by atoms with E-state index in [9.17, 15) is 12.8 Å². The molecule has 1 N–H and O–H groups in total. The van der Waals surface area contributed by atoms with Gasteiger partial charge in [0, 0.05) is 6.07 Å². The molecule has 27 heavy (non-hydrogen) atoms. The molecule has 0 spiro atoms. The van der Waals surface area contributed by atoms with Crippen molar-refractivity contribution in [2.75, 3.05) is 5.43 Å². The van der Waals surface area contributed by atoms with Crippen molar-refractivity contribution >= 4 is 21.9 Å². The molecule has 8 heteroatoms. The Labute approximate surface area is 157 Å². The zero-order valence-corrected chi connectivity index (χ0v) is 15.7. The number of hydrogen-bond donors (Lipinski definition) is 1. The molecule has 0 fully saturated rings. The smallest absolute Gasteiger partial charge is 0.182 e. The van der Waals surface area contributed by atoms with Gasteiger partial charge in [-0.2, -0.15) is 10.2 Å². The number of halogens is 1. The zero-order chi connectivity index (χ0) is 19.4. The maximum atomic E-state index is 13.2. The summed E-state index contributed by atoms with van der Waals surface area (Å²) >= 11 is 0. The van der Waals surface area contributed by atoms with E-state index < -0.39 is 15.1 Å². The van der Waals surface area contributed by atoms with Gasteiger partial charge >= 0.3 is 0 Å². The molecule has 0 aliphatic rings. The largest absolute Gasteiger partial charge is 0.261 e. The van der Waals surface area contributed by atoms with Gasteiger partial charge in [0.2, 0.25) is 0 Å². The highest BCUT2D eigenvalue weighted by atomic mass is 32.2. The molecule has 0 aliphatic heterocycles. The Balaban J connectivity index is 1.92. The molecular formula is C19H19FN4O2S. The average molecular weight is 386 g/mol. The van der Waals surface area contributed by atoms with Gasteiger partial charge < -0.3 is 0 Å². The lowest BCUT2D eigenvalue weighted by molar-refractivity contribution is 0.586. The van der Waals surface area contributed by atoms with Crippen molar-refractivity contribution in [3.05, 3.63) is 72.2 Å². The number of hydrogen-bond acceptors (Lipinski definition) is 5. The zero-order valence-electron chi connectivity index (χ0n) is 14.9. The van der Waals surface area contributed by atoms with Gasteiger partial charge in [0.1, 0.15) is 11.6 Å². The standard InChI is InChI=1S/C19H19FN4O2S/c1-14(2)27(25,26)18-9-4-3-8-17(18)24-19(10-11-22-24)23-21-13-15-6-5-7-16(20)12-15/h3-14,23H,1-2H3/b21-13+. The lowest BCUT2D eigenvalue weighted by Crippen LogP contribution is -2.17. The average Bonchev–Trinajstić information content (AvgIpc) is 3.10. The van der Waals surface area contributed by atoms with Crippen molar-refractivity contribution in [2.24, 2.45) is 5.10 Å². The summed E-state index contributed by atoms with van der Waals surface area (Å²) < 4.78 is 40.0. The molecule has 0 saturated carbocycles. The number of benzene rings is 2. The Hall–Kier alpha value is -3.00. The molecule has 6 nitrogen and oxygen atoms in total. The molecule has 0 saturated heterocycles. The summed E-state index contributed by atoms with van der Waals surface area (Å²) in [5.41, 5.74) is 3.84. The number of sulfone groups is 1. The van der Waals surface area contributed by atoms with Gasteiger partial charge in [0.15, 0.2) is 9.84 Å². The Bertz CT molecular complexity index is 1070. The molecule has 0 aliphatic carbocycles. The fourth-order valence-corrected chi connectivity index (χ4v) is 3.69. The molecule has 0 atom stereocenters. The van der Waals surface area contributed by atoms with Gasteiger partial charge in [-0.05, 0) is 43.7 Å². The second-order valence-electron chi connectivity index (χ2n) is 6.11. The Morgan fingerprint density at radius 3 is 2.67 bits per heavy atom. The van der Waals surface area contributed by atoms with Crippen LogP contribution in [0.5, 0.6) is 0 Å². The third kappa shape index (κ3) is 4.06. The lowest BCUT2D eigenvalue weighted by Gasteiger charge is -2.14. The van der Waals surface area contributed by atoms with Crippen LogP contribution in [-0.4, -0.2) is 29.7 Å². The van der Waals surface area contributed by atoms with Crippen molar-refractivity contribution in [3.8, 4) is 5.69 Å². The van der Waals surface area contributed by atoms with Crippen LogP contribution in [0.4, 0.5) is 10.2 Å². The van der Waals surface area contributed by atoms with Crippen molar-refractivity contribution in [3.63, 3.8) is 0 Å². The quantitative estimate of drug-likeness (QED) is 0.518. The van der Waals surface area contributed by atoms with Gasteiger partial charge in [-0.1, -0.05) is 24.3 Å². The van der Waals surface area contributed by atoms with Crippen LogP contribution in [-0.2, 0) is 9.84 Å². The van der Waals surface area contributed by atoms with Crippen LogP contribution in [0.3, 0.4) is 0 Å². The molecule has 140 valence electrons. The molecule has 3 aromatic rings. The number of nitrogens with zero attached hydrogens (tertiary/aromatic N) is 3. The number of rotatable bonds is 6. The third-order valence-corrected chi connectivity index (χ3v) is 6.10. The first-order chi connectivity index (χ1) is 12.9. The first-order valence-corrected chi connectivity index (χ1v) is 9.86. The van der Waals surface area contributed by atoms with Crippen molar-refractivity contribution in [2.45, 2.75) is 24.0 Å². The summed E-state index contributed by atoms with van der Waals surface area (Å²) in [6.45, 7) is 3.27. The molecule has 0 bridgehead atoms. The molecule has 0 unspecified atom stereocenters. The fourth-order valence-electron chi connectivity index (χ4n) is 2.47. The van der Waals surface area contributed by atoms with Crippen molar-refractivity contribution in [1.29, 1.82) is 0 Å². The number of aromatic nitrogens is 2. The maximum absolute atomic E-state index is 13.2. The first kappa shape index (κ1) is 18.8. The van der Waals surface area contributed by atoms with Crippen LogP contribution < -0.4 is 5.43 Å². The number of anilines is 1. The number of hydrazone groups is 1. The summed E-state index contributed by atoms with van der Waals surface area (Å²) in [5, 5.41) is 7.74. The van der Waals surface area contributed by atoms with E-state index in [0.29, 0.717) is 17.1 Å². The molecule has 1 heterocycles. The maximum Gasteiger partial charge on any atom is 0.182 e. The Kier molecular flexibility index (Phi) is 5.36. The van der Waals surface area contributed by atoms with Crippen LogP contribution in [0, 0.1) is 5.82 Å². The minimum absolute atomic E-state index is 0.195. The van der Waals surface area contributed by atoms with Crippen LogP contribution in [0.1, 0.15) is 19.4 Å². The van der Waals surface area contributed by atoms with Crippen molar-refractivity contribution < 1.29 is 12.8 Å². The predicted molar refractivity (Wildman–Crippen MR) is 104 cm³/mol.